The van der Waals surface area contributed by atoms with Crippen LogP contribution >= 0.6 is 0 Å². The number of methoxy groups -OCH3 is 1. The van der Waals surface area contributed by atoms with Crippen LogP contribution in [0.5, 0.6) is 5.75 Å². The SMILES string of the molecule is COc1ccc([C@@H]2OC[C@H](C)C3=C2CCc2ccccc23)cc1. The van der Waals surface area contributed by atoms with E-state index in [0.29, 0.717) is 5.92 Å². The first kappa shape index (κ1) is 14.5. The molecule has 0 fully saturated rings. The molecule has 1 aliphatic heterocycles. The van der Waals surface area contributed by atoms with E-state index in [-0.39, 0.29) is 6.10 Å². The van der Waals surface area contributed by atoms with Gasteiger partial charge in [-0.25, -0.2) is 0 Å². The van der Waals surface area contributed by atoms with Crippen LogP contribution in [0, 0.1) is 5.92 Å². The zero-order chi connectivity index (χ0) is 15.8. The maximum atomic E-state index is 6.24. The fraction of sp³-hybridized carbons (Fsp3) is 0.333. The van der Waals surface area contributed by atoms with E-state index in [0.717, 1.165) is 25.2 Å². The molecule has 1 heterocycles. The van der Waals surface area contributed by atoms with Crippen LogP contribution in [0.2, 0.25) is 0 Å². The Morgan fingerprint density at radius 3 is 2.57 bits per heavy atom. The molecule has 2 heteroatoms. The van der Waals surface area contributed by atoms with E-state index in [1.807, 2.05) is 12.1 Å². The largest absolute Gasteiger partial charge is 0.497 e. The smallest absolute Gasteiger partial charge is 0.118 e. The Hall–Kier alpha value is -2.06. The van der Waals surface area contributed by atoms with Crippen molar-refractivity contribution < 1.29 is 9.47 Å². The van der Waals surface area contributed by atoms with E-state index in [2.05, 4.69) is 43.3 Å². The Balaban J connectivity index is 1.79. The molecule has 0 saturated carbocycles. The fourth-order valence-electron chi connectivity index (χ4n) is 3.93. The van der Waals surface area contributed by atoms with Gasteiger partial charge in [0.15, 0.2) is 0 Å². The summed E-state index contributed by atoms with van der Waals surface area (Å²) >= 11 is 0. The van der Waals surface area contributed by atoms with Crippen LogP contribution in [-0.4, -0.2) is 13.7 Å². The summed E-state index contributed by atoms with van der Waals surface area (Å²) < 4.78 is 11.5. The summed E-state index contributed by atoms with van der Waals surface area (Å²) in [5.41, 5.74) is 7.12. The van der Waals surface area contributed by atoms with Gasteiger partial charge >= 0.3 is 0 Å². The summed E-state index contributed by atoms with van der Waals surface area (Å²) in [4.78, 5) is 0. The highest BCUT2D eigenvalue weighted by atomic mass is 16.5. The van der Waals surface area contributed by atoms with Gasteiger partial charge in [-0.2, -0.15) is 0 Å². The van der Waals surface area contributed by atoms with Gasteiger partial charge < -0.3 is 9.47 Å². The van der Waals surface area contributed by atoms with Crippen LogP contribution in [0.1, 0.15) is 36.1 Å². The Bertz CT molecular complexity index is 743. The molecule has 2 atom stereocenters. The lowest BCUT2D eigenvalue weighted by molar-refractivity contribution is 0.0511. The molecule has 0 bridgehead atoms. The molecule has 0 N–H and O–H groups in total. The van der Waals surface area contributed by atoms with Crippen molar-refractivity contribution in [3.8, 4) is 5.75 Å². The standard InChI is InChI=1S/C21H22O2/c1-14-13-23-21(16-7-10-17(22-2)11-8-16)19-12-9-15-5-3-4-6-18(15)20(14)19/h3-8,10-11,14,21H,9,12-13H2,1-2H3/t14-,21-/m0/s1. The predicted molar refractivity (Wildman–Crippen MR) is 92.5 cm³/mol. The molecule has 2 aromatic rings. The molecule has 23 heavy (non-hydrogen) atoms. The summed E-state index contributed by atoms with van der Waals surface area (Å²) in [6, 6.07) is 17.1. The van der Waals surface area contributed by atoms with E-state index in [4.69, 9.17) is 9.47 Å². The number of hydrogen-bond donors (Lipinski definition) is 0. The first-order valence-electron chi connectivity index (χ1n) is 8.34. The molecule has 0 aromatic heterocycles. The molecule has 4 rings (SSSR count). The Morgan fingerprint density at radius 2 is 1.78 bits per heavy atom. The molecule has 2 aromatic carbocycles. The van der Waals surface area contributed by atoms with Crippen LogP contribution in [-0.2, 0) is 11.2 Å². The number of aryl methyl sites for hydroxylation is 1. The van der Waals surface area contributed by atoms with Crippen molar-refractivity contribution >= 4 is 5.57 Å². The second-order valence-corrected chi connectivity index (χ2v) is 6.48. The molecule has 0 saturated heterocycles. The first-order valence-corrected chi connectivity index (χ1v) is 8.34. The highest BCUT2D eigenvalue weighted by Crippen LogP contribution is 2.46. The first-order chi connectivity index (χ1) is 11.3. The maximum absolute atomic E-state index is 6.24. The summed E-state index contributed by atoms with van der Waals surface area (Å²) in [6.07, 6.45) is 2.28. The summed E-state index contributed by atoms with van der Waals surface area (Å²) in [7, 11) is 1.70. The molecule has 0 spiro atoms. The zero-order valence-corrected chi connectivity index (χ0v) is 13.7. The van der Waals surface area contributed by atoms with Crippen molar-refractivity contribution in [1.82, 2.24) is 0 Å². The molecule has 0 amide bonds. The summed E-state index contributed by atoms with van der Waals surface area (Å²) in [6.45, 7) is 3.06. The van der Waals surface area contributed by atoms with E-state index < -0.39 is 0 Å². The summed E-state index contributed by atoms with van der Waals surface area (Å²) in [5.74, 6) is 1.35. The number of fused-ring (bicyclic) bond motifs is 2. The third kappa shape index (κ3) is 2.47. The third-order valence-corrected chi connectivity index (χ3v) is 5.06. The molecule has 0 unspecified atom stereocenters. The van der Waals surface area contributed by atoms with Gasteiger partial charge in [0.05, 0.1) is 13.7 Å². The van der Waals surface area contributed by atoms with Crippen molar-refractivity contribution in [2.45, 2.75) is 25.9 Å². The van der Waals surface area contributed by atoms with E-state index in [9.17, 15) is 0 Å². The van der Waals surface area contributed by atoms with Crippen LogP contribution < -0.4 is 4.74 Å². The number of hydrogen-bond acceptors (Lipinski definition) is 2. The second-order valence-electron chi connectivity index (χ2n) is 6.48. The Labute approximate surface area is 137 Å². The van der Waals surface area contributed by atoms with Gasteiger partial charge in [0.2, 0.25) is 0 Å². The molecular formula is C21H22O2. The number of ether oxygens (including phenoxy) is 2. The van der Waals surface area contributed by atoms with Crippen molar-refractivity contribution in [2.24, 2.45) is 5.92 Å². The van der Waals surface area contributed by atoms with Gasteiger partial charge in [0.25, 0.3) is 0 Å². The lowest BCUT2D eigenvalue weighted by atomic mass is 9.76. The Morgan fingerprint density at radius 1 is 1.00 bits per heavy atom. The maximum Gasteiger partial charge on any atom is 0.118 e. The van der Waals surface area contributed by atoms with Gasteiger partial charge in [-0.1, -0.05) is 43.3 Å². The van der Waals surface area contributed by atoms with Gasteiger partial charge in [-0.3, -0.25) is 0 Å². The minimum Gasteiger partial charge on any atom is -0.497 e. The van der Waals surface area contributed by atoms with E-state index in [1.54, 1.807) is 7.11 Å². The molecule has 2 nitrogen and oxygen atoms in total. The van der Waals surface area contributed by atoms with Crippen molar-refractivity contribution in [1.29, 1.82) is 0 Å². The third-order valence-electron chi connectivity index (χ3n) is 5.06. The van der Waals surface area contributed by atoms with E-state index in [1.165, 1.54) is 27.8 Å². The molecule has 0 radical (unpaired) electrons. The molecule has 2 aliphatic rings. The van der Waals surface area contributed by atoms with Crippen molar-refractivity contribution in [3.05, 3.63) is 70.8 Å². The number of rotatable bonds is 2. The average molecular weight is 306 g/mol. The van der Waals surface area contributed by atoms with Gasteiger partial charge in [-0.05, 0) is 52.8 Å². The van der Waals surface area contributed by atoms with Crippen molar-refractivity contribution in [3.63, 3.8) is 0 Å². The van der Waals surface area contributed by atoms with Gasteiger partial charge in [0.1, 0.15) is 11.9 Å². The zero-order valence-electron chi connectivity index (χ0n) is 13.7. The fourth-order valence-corrected chi connectivity index (χ4v) is 3.93. The van der Waals surface area contributed by atoms with Gasteiger partial charge in [-0.15, -0.1) is 0 Å². The van der Waals surface area contributed by atoms with E-state index >= 15 is 0 Å². The highest BCUT2D eigenvalue weighted by molar-refractivity contribution is 5.76. The van der Waals surface area contributed by atoms with Crippen LogP contribution in [0.4, 0.5) is 0 Å². The lowest BCUT2D eigenvalue weighted by Crippen LogP contribution is -2.25. The normalized spacial score (nSPS) is 23.2. The van der Waals surface area contributed by atoms with Crippen LogP contribution in [0.3, 0.4) is 0 Å². The molecule has 118 valence electrons. The topological polar surface area (TPSA) is 18.5 Å². The lowest BCUT2D eigenvalue weighted by Gasteiger charge is -2.37. The monoisotopic (exact) mass is 306 g/mol. The second kappa shape index (κ2) is 5.86. The minimum absolute atomic E-state index is 0.0838. The quantitative estimate of drug-likeness (QED) is 0.793. The molecule has 1 aliphatic carbocycles. The minimum atomic E-state index is 0.0838. The predicted octanol–water partition coefficient (Wildman–Crippen LogP) is 4.80. The van der Waals surface area contributed by atoms with Crippen LogP contribution in [0.25, 0.3) is 5.57 Å². The van der Waals surface area contributed by atoms with Crippen molar-refractivity contribution in [2.75, 3.05) is 13.7 Å². The molecular weight excluding hydrogens is 284 g/mol. The highest BCUT2D eigenvalue weighted by Gasteiger charge is 2.33. The van der Waals surface area contributed by atoms with Crippen LogP contribution in [0.15, 0.2) is 54.1 Å². The Kier molecular flexibility index (Phi) is 3.70. The number of benzene rings is 2. The van der Waals surface area contributed by atoms with Gasteiger partial charge in [0, 0.05) is 5.92 Å². The average Bonchev–Trinajstić information content (AvgIpc) is 2.62. The summed E-state index contributed by atoms with van der Waals surface area (Å²) in [5, 5.41) is 0.